The van der Waals surface area contributed by atoms with E-state index >= 15 is 0 Å². The van der Waals surface area contributed by atoms with Crippen LogP contribution in [0.2, 0.25) is 0 Å². The first-order valence-electron chi connectivity index (χ1n) is 6.23. The van der Waals surface area contributed by atoms with Crippen LogP contribution in [0.3, 0.4) is 0 Å². The van der Waals surface area contributed by atoms with Gasteiger partial charge in [0.05, 0.1) is 18.6 Å². The number of carbonyl (C=O) groups is 1. The highest BCUT2D eigenvalue weighted by Gasteiger charge is 2.22. The number of amides is 1. The number of carbonyl (C=O) groups excluding carboxylic acids is 1. The average molecular weight is 248 g/mol. The van der Waals surface area contributed by atoms with Crippen molar-refractivity contribution in [2.24, 2.45) is 0 Å². The maximum Gasteiger partial charge on any atom is 0.222 e. The number of rotatable bonds is 6. The van der Waals surface area contributed by atoms with E-state index in [-0.39, 0.29) is 12.0 Å². The second kappa shape index (κ2) is 7.91. The van der Waals surface area contributed by atoms with Crippen LogP contribution in [0.25, 0.3) is 0 Å². The van der Waals surface area contributed by atoms with Gasteiger partial charge in [0, 0.05) is 19.5 Å². The van der Waals surface area contributed by atoms with Crippen molar-refractivity contribution in [2.45, 2.75) is 45.1 Å². The molecule has 0 aromatic carbocycles. The average Bonchev–Trinajstić information content (AvgIpc) is 2.34. The standard InChI is InChI=1S/C12H22ClNO2/c1-2-3-4-5-6-12(15)14-7-8-16-11(9-13)10-14/h11H,2-10H2,1H3. The van der Waals surface area contributed by atoms with Gasteiger partial charge >= 0.3 is 0 Å². The summed E-state index contributed by atoms with van der Waals surface area (Å²) in [4.78, 5) is 13.7. The van der Waals surface area contributed by atoms with Gasteiger partial charge in [-0.3, -0.25) is 4.79 Å². The molecule has 0 aromatic heterocycles. The Labute approximate surface area is 103 Å². The van der Waals surface area contributed by atoms with Crippen molar-refractivity contribution in [3.05, 3.63) is 0 Å². The minimum Gasteiger partial charge on any atom is -0.373 e. The van der Waals surface area contributed by atoms with E-state index in [2.05, 4.69) is 6.92 Å². The highest BCUT2D eigenvalue weighted by Crippen LogP contribution is 2.10. The molecule has 3 nitrogen and oxygen atoms in total. The molecule has 1 saturated heterocycles. The van der Waals surface area contributed by atoms with Gasteiger partial charge in [-0.25, -0.2) is 0 Å². The van der Waals surface area contributed by atoms with Gasteiger partial charge < -0.3 is 9.64 Å². The molecular formula is C12H22ClNO2. The molecule has 16 heavy (non-hydrogen) atoms. The number of morpholine rings is 1. The van der Waals surface area contributed by atoms with Gasteiger partial charge in [0.25, 0.3) is 0 Å². The third-order valence-corrected chi connectivity index (χ3v) is 3.25. The Kier molecular flexibility index (Phi) is 6.81. The molecule has 1 rings (SSSR count). The van der Waals surface area contributed by atoms with Gasteiger partial charge in [0.2, 0.25) is 5.91 Å². The lowest BCUT2D eigenvalue weighted by Crippen LogP contribution is -2.46. The minimum absolute atomic E-state index is 0.0232. The van der Waals surface area contributed by atoms with E-state index in [9.17, 15) is 4.79 Å². The summed E-state index contributed by atoms with van der Waals surface area (Å²) in [5.74, 6) is 0.731. The predicted molar refractivity (Wildman–Crippen MR) is 65.8 cm³/mol. The highest BCUT2D eigenvalue weighted by atomic mass is 35.5. The Bertz CT molecular complexity index is 211. The van der Waals surface area contributed by atoms with Crippen LogP contribution >= 0.6 is 11.6 Å². The van der Waals surface area contributed by atoms with Crippen LogP contribution in [-0.2, 0) is 9.53 Å². The topological polar surface area (TPSA) is 29.5 Å². The first kappa shape index (κ1) is 13.8. The van der Waals surface area contributed by atoms with E-state index < -0.39 is 0 Å². The lowest BCUT2D eigenvalue weighted by Gasteiger charge is -2.32. The van der Waals surface area contributed by atoms with E-state index in [0.29, 0.717) is 25.5 Å². The predicted octanol–water partition coefficient (Wildman–Crippen LogP) is 2.42. The van der Waals surface area contributed by atoms with Crippen LogP contribution in [0, 0.1) is 0 Å². The van der Waals surface area contributed by atoms with Crippen LogP contribution in [0.15, 0.2) is 0 Å². The Morgan fingerprint density at radius 1 is 1.44 bits per heavy atom. The molecule has 0 aliphatic carbocycles. The van der Waals surface area contributed by atoms with Gasteiger partial charge in [0.1, 0.15) is 0 Å². The molecule has 0 bridgehead atoms. The molecule has 1 atom stereocenters. The zero-order chi connectivity index (χ0) is 11.8. The molecule has 1 unspecified atom stereocenters. The number of alkyl halides is 1. The van der Waals surface area contributed by atoms with E-state index in [1.807, 2.05) is 4.90 Å². The number of ether oxygens (including phenoxy) is 1. The van der Waals surface area contributed by atoms with Crippen LogP contribution in [0.4, 0.5) is 0 Å². The molecule has 4 heteroatoms. The van der Waals surface area contributed by atoms with Gasteiger partial charge in [0.15, 0.2) is 0 Å². The van der Waals surface area contributed by atoms with Crippen LogP contribution < -0.4 is 0 Å². The lowest BCUT2D eigenvalue weighted by atomic mass is 10.1. The monoisotopic (exact) mass is 247 g/mol. The fraction of sp³-hybridized carbons (Fsp3) is 0.917. The van der Waals surface area contributed by atoms with Crippen molar-refractivity contribution in [1.82, 2.24) is 4.90 Å². The summed E-state index contributed by atoms with van der Waals surface area (Å²) in [5, 5.41) is 0. The smallest absolute Gasteiger partial charge is 0.222 e. The van der Waals surface area contributed by atoms with Crippen molar-refractivity contribution in [2.75, 3.05) is 25.6 Å². The van der Waals surface area contributed by atoms with Crippen LogP contribution in [0.1, 0.15) is 39.0 Å². The summed E-state index contributed by atoms with van der Waals surface area (Å²) >= 11 is 5.73. The quantitative estimate of drug-likeness (QED) is 0.533. The summed E-state index contributed by atoms with van der Waals surface area (Å²) in [6.07, 6.45) is 5.30. The fourth-order valence-corrected chi connectivity index (χ4v) is 2.09. The van der Waals surface area contributed by atoms with E-state index in [1.54, 1.807) is 0 Å². The molecule has 1 heterocycles. The molecule has 0 radical (unpaired) electrons. The van der Waals surface area contributed by atoms with Gasteiger partial charge in [-0.05, 0) is 6.42 Å². The second-order valence-corrected chi connectivity index (χ2v) is 4.61. The minimum atomic E-state index is 0.0232. The molecule has 1 aliphatic rings. The zero-order valence-corrected chi connectivity index (χ0v) is 10.8. The molecule has 1 amide bonds. The number of unbranched alkanes of at least 4 members (excludes halogenated alkanes) is 3. The second-order valence-electron chi connectivity index (χ2n) is 4.30. The Balaban J connectivity index is 2.19. The number of halogens is 1. The Hall–Kier alpha value is -0.280. The summed E-state index contributed by atoms with van der Waals surface area (Å²) in [6, 6.07) is 0. The largest absolute Gasteiger partial charge is 0.373 e. The first-order valence-corrected chi connectivity index (χ1v) is 6.76. The van der Waals surface area contributed by atoms with Gasteiger partial charge in [-0.15, -0.1) is 11.6 Å². The molecule has 0 spiro atoms. The fourth-order valence-electron chi connectivity index (χ4n) is 1.90. The zero-order valence-electron chi connectivity index (χ0n) is 10.1. The number of hydrogen-bond acceptors (Lipinski definition) is 2. The Morgan fingerprint density at radius 3 is 2.94 bits per heavy atom. The van der Waals surface area contributed by atoms with Crippen molar-refractivity contribution >= 4 is 17.5 Å². The summed E-state index contributed by atoms with van der Waals surface area (Å²) in [6.45, 7) is 4.18. The van der Waals surface area contributed by atoms with Gasteiger partial charge in [-0.2, -0.15) is 0 Å². The molecule has 94 valence electrons. The van der Waals surface area contributed by atoms with E-state index in [1.165, 1.54) is 12.8 Å². The van der Waals surface area contributed by atoms with E-state index in [4.69, 9.17) is 16.3 Å². The molecule has 0 saturated carbocycles. The third kappa shape index (κ3) is 4.71. The summed E-state index contributed by atoms with van der Waals surface area (Å²) < 4.78 is 5.42. The highest BCUT2D eigenvalue weighted by molar-refractivity contribution is 6.18. The van der Waals surface area contributed by atoms with Crippen LogP contribution in [0.5, 0.6) is 0 Å². The molecule has 1 fully saturated rings. The van der Waals surface area contributed by atoms with Gasteiger partial charge in [-0.1, -0.05) is 26.2 Å². The van der Waals surface area contributed by atoms with Crippen molar-refractivity contribution in [1.29, 1.82) is 0 Å². The Morgan fingerprint density at radius 2 is 2.25 bits per heavy atom. The summed E-state index contributed by atoms with van der Waals surface area (Å²) in [5.41, 5.74) is 0. The maximum absolute atomic E-state index is 11.9. The molecule has 0 aromatic rings. The third-order valence-electron chi connectivity index (χ3n) is 2.91. The van der Waals surface area contributed by atoms with Crippen molar-refractivity contribution in [3.63, 3.8) is 0 Å². The van der Waals surface area contributed by atoms with E-state index in [0.717, 1.165) is 19.4 Å². The van der Waals surface area contributed by atoms with Crippen LogP contribution in [-0.4, -0.2) is 42.5 Å². The molecule has 0 N–H and O–H groups in total. The molecule has 1 aliphatic heterocycles. The van der Waals surface area contributed by atoms with Crippen molar-refractivity contribution < 1.29 is 9.53 Å². The summed E-state index contributed by atoms with van der Waals surface area (Å²) in [7, 11) is 0. The maximum atomic E-state index is 11.9. The lowest BCUT2D eigenvalue weighted by molar-refractivity contribution is -0.138. The van der Waals surface area contributed by atoms with Crippen molar-refractivity contribution in [3.8, 4) is 0 Å². The number of nitrogens with zero attached hydrogens (tertiary/aromatic N) is 1. The normalized spacial score (nSPS) is 21.1. The first-order chi connectivity index (χ1) is 7.77. The number of hydrogen-bond donors (Lipinski definition) is 0. The SMILES string of the molecule is CCCCCCC(=O)N1CCOC(CCl)C1. The molecular weight excluding hydrogens is 226 g/mol.